The van der Waals surface area contributed by atoms with Gasteiger partial charge in [-0.2, -0.15) is 0 Å². The van der Waals surface area contributed by atoms with Gasteiger partial charge in [-0.3, -0.25) is 0 Å². The fraction of sp³-hybridized carbons (Fsp3) is 0.133. The Labute approximate surface area is 127 Å². The van der Waals surface area contributed by atoms with Gasteiger partial charge in [-0.05, 0) is 23.8 Å². The Morgan fingerprint density at radius 2 is 1.85 bits per heavy atom. The first-order valence-corrected chi connectivity index (χ1v) is 6.78. The molecule has 0 aliphatic carbocycles. The van der Waals surface area contributed by atoms with E-state index in [1.54, 1.807) is 18.2 Å². The summed E-state index contributed by atoms with van der Waals surface area (Å²) in [5.41, 5.74) is 0.925. The average molecular weight is 309 g/mol. The molecule has 104 valence electrons. The molecule has 20 heavy (non-hydrogen) atoms. The van der Waals surface area contributed by atoms with Crippen molar-refractivity contribution in [2.45, 2.75) is 18.1 Å². The number of rotatable bonds is 5. The topological polar surface area (TPSA) is 35.5 Å². The van der Waals surface area contributed by atoms with Crippen molar-refractivity contribution in [3.8, 4) is 5.75 Å². The highest BCUT2D eigenvalue weighted by molar-refractivity contribution is 7.80. The Bertz CT molecular complexity index is 587. The number of thiol groups is 1. The molecule has 2 rings (SSSR count). The summed E-state index contributed by atoms with van der Waals surface area (Å²) in [6, 6.07) is 15.0. The number of ether oxygens (including phenoxy) is 2. The molecule has 2 aromatic carbocycles. The van der Waals surface area contributed by atoms with E-state index in [0.29, 0.717) is 19.0 Å². The highest BCUT2D eigenvalue weighted by Crippen LogP contribution is 2.24. The van der Waals surface area contributed by atoms with Crippen molar-refractivity contribution in [1.29, 1.82) is 0 Å². The van der Waals surface area contributed by atoms with Gasteiger partial charge >= 0.3 is 5.43 Å². The lowest BCUT2D eigenvalue weighted by Crippen LogP contribution is -2.02. The number of carbonyl (C=O) groups is 1. The van der Waals surface area contributed by atoms with Crippen LogP contribution in [0.5, 0.6) is 5.75 Å². The third-order valence-electron chi connectivity index (χ3n) is 2.60. The number of halogens is 1. The molecule has 0 fully saturated rings. The van der Waals surface area contributed by atoms with Crippen LogP contribution in [0.3, 0.4) is 0 Å². The maximum absolute atomic E-state index is 10.8. The molecular formula is C15H13ClO3S. The monoisotopic (exact) mass is 308 g/mol. The van der Waals surface area contributed by atoms with Crippen molar-refractivity contribution < 1.29 is 14.3 Å². The van der Waals surface area contributed by atoms with Gasteiger partial charge in [0.05, 0.1) is 13.2 Å². The zero-order valence-corrected chi connectivity index (χ0v) is 12.2. The lowest BCUT2D eigenvalue weighted by Gasteiger charge is -2.10. The van der Waals surface area contributed by atoms with Crippen LogP contribution in [0.15, 0.2) is 53.4 Å². The SMILES string of the molecule is O=C(Cl)Oc1ccc(S)cc1COCc1ccccc1. The van der Waals surface area contributed by atoms with Gasteiger partial charge in [0.1, 0.15) is 5.75 Å². The number of hydrogen-bond donors (Lipinski definition) is 1. The molecular weight excluding hydrogens is 296 g/mol. The maximum atomic E-state index is 10.8. The Morgan fingerprint density at radius 1 is 1.10 bits per heavy atom. The second kappa shape index (κ2) is 7.33. The standard InChI is InChI=1S/C15H13ClO3S/c16-15(17)19-14-7-6-13(20)8-12(14)10-18-9-11-4-2-1-3-5-11/h1-8,20H,9-10H2. The zero-order chi connectivity index (χ0) is 14.4. The predicted octanol–water partition coefficient (Wildman–Crippen LogP) is 4.43. The van der Waals surface area contributed by atoms with E-state index < -0.39 is 5.43 Å². The van der Waals surface area contributed by atoms with Crippen molar-refractivity contribution >= 4 is 29.7 Å². The van der Waals surface area contributed by atoms with Gasteiger partial charge < -0.3 is 9.47 Å². The predicted molar refractivity (Wildman–Crippen MR) is 80.5 cm³/mol. The van der Waals surface area contributed by atoms with Crippen LogP contribution in [0.4, 0.5) is 4.79 Å². The molecule has 0 radical (unpaired) electrons. The summed E-state index contributed by atoms with van der Waals surface area (Å²) in [4.78, 5) is 11.6. The van der Waals surface area contributed by atoms with Crippen LogP contribution < -0.4 is 4.74 Å². The van der Waals surface area contributed by atoms with E-state index in [4.69, 9.17) is 21.1 Å². The Balaban J connectivity index is 2.01. The number of carbonyl (C=O) groups excluding carboxylic acids is 1. The van der Waals surface area contributed by atoms with E-state index in [9.17, 15) is 4.79 Å². The summed E-state index contributed by atoms with van der Waals surface area (Å²) in [5, 5.41) is 0. The van der Waals surface area contributed by atoms with E-state index in [2.05, 4.69) is 12.6 Å². The normalized spacial score (nSPS) is 10.3. The Hall–Kier alpha value is -1.49. The van der Waals surface area contributed by atoms with E-state index >= 15 is 0 Å². The van der Waals surface area contributed by atoms with Gasteiger partial charge in [-0.1, -0.05) is 30.3 Å². The van der Waals surface area contributed by atoms with Crippen LogP contribution in [-0.4, -0.2) is 5.43 Å². The molecule has 0 saturated carbocycles. The van der Waals surface area contributed by atoms with Crippen LogP contribution in [0.25, 0.3) is 0 Å². The molecule has 0 saturated heterocycles. The van der Waals surface area contributed by atoms with Crippen molar-refractivity contribution in [3.63, 3.8) is 0 Å². The summed E-state index contributed by atoms with van der Waals surface area (Å²) in [6.45, 7) is 0.786. The minimum absolute atomic E-state index is 0.308. The van der Waals surface area contributed by atoms with E-state index in [1.165, 1.54) is 0 Å². The van der Waals surface area contributed by atoms with Crippen LogP contribution in [-0.2, 0) is 18.0 Å². The fourth-order valence-electron chi connectivity index (χ4n) is 1.72. The summed E-state index contributed by atoms with van der Waals surface area (Å²) in [5.74, 6) is 0.385. The second-order valence-electron chi connectivity index (χ2n) is 4.11. The van der Waals surface area contributed by atoms with Crippen molar-refractivity contribution in [2.24, 2.45) is 0 Å². The second-order valence-corrected chi connectivity index (χ2v) is 4.94. The lowest BCUT2D eigenvalue weighted by atomic mass is 10.2. The van der Waals surface area contributed by atoms with Gasteiger partial charge in [0, 0.05) is 22.1 Å². The van der Waals surface area contributed by atoms with Crippen LogP contribution in [0.2, 0.25) is 0 Å². The van der Waals surface area contributed by atoms with E-state index in [1.807, 2.05) is 30.3 Å². The fourth-order valence-corrected chi connectivity index (χ4v) is 2.03. The zero-order valence-electron chi connectivity index (χ0n) is 10.6. The van der Waals surface area contributed by atoms with Crippen LogP contribution >= 0.6 is 24.2 Å². The lowest BCUT2D eigenvalue weighted by molar-refractivity contribution is 0.105. The van der Waals surface area contributed by atoms with Gasteiger partial charge in [-0.15, -0.1) is 12.6 Å². The third kappa shape index (κ3) is 4.56. The summed E-state index contributed by atoms with van der Waals surface area (Å²) in [7, 11) is 0. The van der Waals surface area contributed by atoms with Gasteiger partial charge in [0.15, 0.2) is 0 Å². The van der Waals surface area contributed by atoms with E-state index in [0.717, 1.165) is 16.0 Å². The molecule has 0 atom stereocenters. The molecule has 0 unspecified atom stereocenters. The molecule has 0 amide bonds. The Morgan fingerprint density at radius 3 is 2.55 bits per heavy atom. The summed E-state index contributed by atoms with van der Waals surface area (Å²) in [6.07, 6.45) is 0. The smallest absolute Gasteiger partial charge is 0.409 e. The summed E-state index contributed by atoms with van der Waals surface area (Å²) >= 11 is 9.49. The minimum atomic E-state index is -0.874. The van der Waals surface area contributed by atoms with Crippen molar-refractivity contribution in [1.82, 2.24) is 0 Å². The van der Waals surface area contributed by atoms with Gasteiger partial charge in [0.2, 0.25) is 0 Å². The van der Waals surface area contributed by atoms with E-state index in [-0.39, 0.29) is 0 Å². The average Bonchev–Trinajstić information content (AvgIpc) is 2.42. The van der Waals surface area contributed by atoms with Crippen molar-refractivity contribution in [3.05, 3.63) is 59.7 Å². The number of benzene rings is 2. The molecule has 0 aromatic heterocycles. The molecule has 0 heterocycles. The first kappa shape index (κ1) is 14.9. The van der Waals surface area contributed by atoms with Gasteiger partial charge in [-0.25, -0.2) is 4.79 Å². The first-order valence-electron chi connectivity index (χ1n) is 5.96. The quantitative estimate of drug-likeness (QED) is 0.655. The molecule has 0 aliphatic heterocycles. The van der Waals surface area contributed by atoms with Crippen LogP contribution in [0.1, 0.15) is 11.1 Å². The first-order chi connectivity index (χ1) is 9.65. The Kier molecular flexibility index (Phi) is 5.47. The molecule has 3 nitrogen and oxygen atoms in total. The minimum Gasteiger partial charge on any atom is -0.414 e. The largest absolute Gasteiger partial charge is 0.414 e. The third-order valence-corrected chi connectivity index (χ3v) is 2.96. The number of hydrogen-bond acceptors (Lipinski definition) is 4. The summed E-state index contributed by atoms with van der Waals surface area (Å²) < 4.78 is 10.5. The molecule has 0 aliphatic rings. The van der Waals surface area contributed by atoms with Crippen LogP contribution in [0, 0.1) is 0 Å². The molecule has 5 heteroatoms. The molecule has 0 bridgehead atoms. The maximum Gasteiger partial charge on any atom is 0.409 e. The van der Waals surface area contributed by atoms with Gasteiger partial charge in [0.25, 0.3) is 0 Å². The van der Waals surface area contributed by atoms with Crippen molar-refractivity contribution in [2.75, 3.05) is 0 Å². The molecule has 0 spiro atoms. The highest BCUT2D eigenvalue weighted by Gasteiger charge is 2.08. The molecule has 0 N–H and O–H groups in total. The highest BCUT2D eigenvalue weighted by atomic mass is 35.5. The molecule has 2 aromatic rings.